The second-order valence-corrected chi connectivity index (χ2v) is 3.39. The molecule has 3 nitrogen and oxygen atoms in total. The molecule has 0 aliphatic heterocycles. The van der Waals surface area contributed by atoms with Crippen LogP contribution in [0.15, 0.2) is 36.4 Å². The maximum Gasteiger partial charge on any atom is 0.221 e. The fraction of sp³-hybridized carbons (Fsp3) is 0.0833. The van der Waals surface area contributed by atoms with Crippen molar-refractivity contribution in [1.82, 2.24) is 0 Å². The van der Waals surface area contributed by atoms with Gasteiger partial charge in [0, 0.05) is 18.0 Å². The van der Waals surface area contributed by atoms with E-state index in [1.165, 1.54) is 6.92 Å². The Morgan fingerprint density at radius 2 is 2.07 bits per heavy atom. The number of phenolic OH excluding ortho intramolecular Hbond substituents is 1. The number of carbonyl (C=O) groups is 1. The average Bonchev–Trinajstić information content (AvgIpc) is 2.18. The second kappa shape index (κ2) is 3.61. The zero-order valence-corrected chi connectivity index (χ0v) is 8.32. The number of hydrogen-bond donors (Lipinski definition) is 2. The summed E-state index contributed by atoms with van der Waals surface area (Å²) in [6.45, 7) is 1.45. The number of carbonyl (C=O) groups excluding carboxylic acids is 1. The molecular weight excluding hydrogens is 190 g/mol. The van der Waals surface area contributed by atoms with Crippen LogP contribution in [0.1, 0.15) is 6.92 Å². The molecule has 0 aromatic heterocycles. The molecular formula is C12H11NO2. The number of fused-ring (bicyclic) bond motifs is 1. The van der Waals surface area contributed by atoms with Crippen molar-refractivity contribution in [2.45, 2.75) is 6.92 Å². The first-order valence-electron chi connectivity index (χ1n) is 4.66. The number of rotatable bonds is 1. The van der Waals surface area contributed by atoms with Gasteiger partial charge < -0.3 is 10.4 Å². The van der Waals surface area contributed by atoms with Crippen molar-refractivity contribution in [2.75, 3.05) is 5.32 Å². The Morgan fingerprint density at radius 1 is 1.27 bits per heavy atom. The molecule has 3 heteroatoms. The smallest absolute Gasteiger partial charge is 0.221 e. The molecule has 0 saturated carbocycles. The number of anilines is 1. The van der Waals surface area contributed by atoms with Crippen LogP contribution in [0, 0.1) is 0 Å². The SMILES string of the molecule is CC(=O)Nc1ccc2cccc(O)c2c1. The Hall–Kier alpha value is -2.03. The molecule has 2 aromatic carbocycles. The van der Waals surface area contributed by atoms with Crippen molar-refractivity contribution in [3.8, 4) is 5.75 Å². The van der Waals surface area contributed by atoms with Gasteiger partial charge >= 0.3 is 0 Å². The van der Waals surface area contributed by atoms with Crippen molar-refractivity contribution in [3.63, 3.8) is 0 Å². The maximum absolute atomic E-state index is 10.9. The molecule has 0 unspecified atom stereocenters. The van der Waals surface area contributed by atoms with Gasteiger partial charge in [-0.15, -0.1) is 0 Å². The van der Waals surface area contributed by atoms with E-state index in [1.807, 2.05) is 18.2 Å². The third-order valence-corrected chi connectivity index (χ3v) is 2.18. The topological polar surface area (TPSA) is 49.3 Å². The lowest BCUT2D eigenvalue weighted by atomic mass is 10.1. The number of hydrogen-bond acceptors (Lipinski definition) is 2. The van der Waals surface area contributed by atoms with Crippen molar-refractivity contribution >= 4 is 22.4 Å². The van der Waals surface area contributed by atoms with Crippen molar-refractivity contribution in [3.05, 3.63) is 36.4 Å². The minimum Gasteiger partial charge on any atom is -0.507 e. The summed E-state index contributed by atoms with van der Waals surface area (Å²) in [5.41, 5.74) is 0.691. The van der Waals surface area contributed by atoms with Gasteiger partial charge in [0.2, 0.25) is 5.91 Å². The van der Waals surface area contributed by atoms with Crippen molar-refractivity contribution in [2.24, 2.45) is 0 Å². The molecule has 2 N–H and O–H groups in total. The first kappa shape index (κ1) is 9.52. The van der Waals surface area contributed by atoms with Crippen LogP contribution in [0.25, 0.3) is 10.8 Å². The lowest BCUT2D eigenvalue weighted by Gasteiger charge is -2.05. The van der Waals surface area contributed by atoms with Crippen LogP contribution >= 0.6 is 0 Å². The predicted octanol–water partition coefficient (Wildman–Crippen LogP) is 2.50. The molecule has 1 amide bonds. The highest BCUT2D eigenvalue weighted by Crippen LogP contribution is 2.26. The largest absolute Gasteiger partial charge is 0.507 e. The summed E-state index contributed by atoms with van der Waals surface area (Å²) < 4.78 is 0. The number of benzene rings is 2. The van der Waals surface area contributed by atoms with E-state index >= 15 is 0 Å². The zero-order chi connectivity index (χ0) is 10.8. The summed E-state index contributed by atoms with van der Waals surface area (Å²) in [6.07, 6.45) is 0. The molecule has 76 valence electrons. The highest BCUT2D eigenvalue weighted by atomic mass is 16.3. The molecule has 2 rings (SSSR count). The van der Waals surface area contributed by atoms with Crippen molar-refractivity contribution < 1.29 is 9.90 Å². The van der Waals surface area contributed by atoms with Crippen LogP contribution in [-0.4, -0.2) is 11.0 Å². The molecule has 0 saturated heterocycles. The van der Waals surface area contributed by atoms with Gasteiger partial charge in [-0.2, -0.15) is 0 Å². The second-order valence-electron chi connectivity index (χ2n) is 3.39. The Morgan fingerprint density at radius 3 is 2.80 bits per heavy atom. The third kappa shape index (κ3) is 1.91. The lowest BCUT2D eigenvalue weighted by molar-refractivity contribution is -0.114. The van der Waals surface area contributed by atoms with Gasteiger partial charge in [0.1, 0.15) is 5.75 Å². The summed E-state index contributed by atoms with van der Waals surface area (Å²) >= 11 is 0. The first-order chi connectivity index (χ1) is 7.16. The molecule has 0 bridgehead atoms. The molecule has 0 spiro atoms. The summed E-state index contributed by atoms with van der Waals surface area (Å²) in [5, 5.41) is 14.0. The van der Waals surface area contributed by atoms with Crippen LogP contribution in [0.4, 0.5) is 5.69 Å². The Labute approximate surface area is 87.3 Å². The average molecular weight is 201 g/mol. The molecule has 0 atom stereocenters. The molecule has 15 heavy (non-hydrogen) atoms. The molecule has 0 aliphatic carbocycles. The van der Waals surface area contributed by atoms with E-state index in [2.05, 4.69) is 5.32 Å². The summed E-state index contributed by atoms with van der Waals surface area (Å²) in [4.78, 5) is 10.9. The van der Waals surface area contributed by atoms with E-state index in [-0.39, 0.29) is 11.7 Å². The van der Waals surface area contributed by atoms with E-state index in [9.17, 15) is 9.90 Å². The molecule has 2 aromatic rings. The molecule has 0 heterocycles. The summed E-state index contributed by atoms with van der Waals surface area (Å²) in [5.74, 6) is 0.101. The standard InChI is InChI=1S/C12H11NO2/c1-8(14)13-10-6-5-9-3-2-4-12(15)11(9)7-10/h2-7,15H,1H3,(H,13,14). The van der Waals surface area contributed by atoms with Crippen molar-refractivity contribution in [1.29, 1.82) is 0 Å². The molecule has 0 aliphatic rings. The molecule has 0 radical (unpaired) electrons. The number of phenols is 1. The van der Waals surface area contributed by atoms with Crippen LogP contribution in [0.5, 0.6) is 5.75 Å². The van der Waals surface area contributed by atoms with Crippen LogP contribution in [-0.2, 0) is 4.79 Å². The zero-order valence-electron chi connectivity index (χ0n) is 8.32. The Kier molecular flexibility index (Phi) is 2.29. The normalized spacial score (nSPS) is 10.2. The van der Waals surface area contributed by atoms with E-state index in [1.54, 1.807) is 18.2 Å². The first-order valence-corrected chi connectivity index (χ1v) is 4.66. The van der Waals surface area contributed by atoms with Gasteiger partial charge in [0.15, 0.2) is 0 Å². The number of aromatic hydroxyl groups is 1. The van der Waals surface area contributed by atoms with Gasteiger partial charge in [-0.25, -0.2) is 0 Å². The highest BCUT2D eigenvalue weighted by molar-refractivity contribution is 5.95. The van der Waals surface area contributed by atoms with Gasteiger partial charge in [-0.1, -0.05) is 18.2 Å². The summed E-state index contributed by atoms with van der Waals surface area (Å²) in [7, 11) is 0. The minimum atomic E-state index is -0.121. The van der Waals surface area contributed by atoms with E-state index in [0.717, 1.165) is 10.8 Å². The van der Waals surface area contributed by atoms with Gasteiger partial charge in [0.05, 0.1) is 0 Å². The van der Waals surface area contributed by atoms with Gasteiger partial charge in [-0.3, -0.25) is 4.79 Å². The van der Waals surface area contributed by atoms with Crippen LogP contribution in [0.3, 0.4) is 0 Å². The quantitative estimate of drug-likeness (QED) is 0.744. The maximum atomic E-state index is 10.9. The Balaban J connectivity index is 2.54. The fourth-order valence-electron chi connectivity index (χ4n) is 1.54. The van der Waals surface area contributed by atoms with Crippen LogP contribution in [0.2, 0.25) is 0 Å². The minimum absolute atomic E-state index is 0.121. The number of nitrogens with one attached hydrogen (secondary N) is 1. The highest BCUT2D eigenvalue weighted by Gasteiger charge is 2.01. The van der Waals surface area contributed by atoms with Crippen LogP contribution < -0.4 is 5.32 Å². The predicted molar refractivity (Wildman–Crippen MR) is 59.9 cm³/mol. The monoisotopic (exact) mass is 201 g/mol. The molecule has 0 fully saturated rings. The fourth-order valence-corrected chi connectivity index (χ4v) is 1.54. The van der Waals surface area contributed by atoms with Gasteiger partial charge in [0.25, 0.3) is 0 Å². The number of amides is 1. The third-order valence-electron chi connectivity index (χ3n) is 2.18. The van der Waals surface area contributed by atoms with E-state index in [4.69, 9.17) is 0 Å². The van der Waals surface area contributed by atoms with E-state index in [0.29, 0.717) is 5.69 Å². The van der Waals surface area contributed by atoms with E-state index < -0.39 is 0 Å². The van der Waals surface area contributed by atoms with Gasteiger partial charge in [-0.05, 0) is 23.6 Å². The Bertz CT molecular complexity index is 520. The lowest BCUT2D eigenvalue weighted by Crippen LogP contribution is -2.05. The summed E-state index contributed by atoms with van der Waals surface area (Å²) in [6, 6.07) is 10.7.